The maximum absolute atomic E-state index is 12.5. The van der Waals surface area contributed by atoms with Gasteiger partial charge in [-0.1, -0.05) is 12.1 Å². The Labute approximate surface area is 201 Å². The van der Waals surface area contributed by atoms with E-state index in [0.29, 0.717) is 22.9 Å². The Morgan fingerprint density at radius 3 is 2.32 bits per heavy atom. The lowest BCUT2D eigenvalue weighted by molar-refractivity contribution is -0.117. The topological polar surface area (TPSA) is 125 Å². The number of nitrogens with one attached hydrogen (secondary N) is 1. The Morgan fingerprint density at radius 2 is 1.74 bits per heavy atom. The zero-order valence-corrected chi connectivity index (χ0v) is 20.1. The van der Waals surface area contributed by atoms with Crippen molar-refractivity contribution in [1.82, 2.24) is 9.69 Å². The summed E-state index contributed by atoms with van der Waals surface area (Å²) in [6, 6.07) is 10.4. The molecule has 0 saturated carbocycles. The number of rotatable bonds is 10. The van der Waals surface area contributed by atoms with Crippen LogP contribution in [0.4, 0.5) is 10.5 Å². The van der Waals surface area contributed by atoms with Gasteiger partial charge in [0.25, 0.3) is 0 Å². The van der Waals surface area contributed by atoms with Crippen molar-refractivity contribution in [2.45, 2.75) is 6.42 Å². The summed E-state index contributed by atoms with van der Waals surface area (Å²) in [5.74, 6) is 1.02. The average Bonchev–Trinajstić information content (AvgIpc) is 3.33. The predicted octanol–water partition coefficient (Wildman–Crippen LogP) is 3.46. The third-order valence-electron chi connectivity index (χ3n) is 4.91. The molecule has 0 fully saturated rings. The zero-order valence-electron chi connectivity index (χ0n) is 19.3. The van der Waals surface area contributed by atoms with E-state index in [0.717, 1.165) is 27.4 Å². The van der Waals surface area contributed by atoms with E-state index in [1.165, 1.54) is 18.6 Å². The highest BCUT2D eigenvalue weighted by Gasteiger charge is 2.20. The van der Waals surface area contributed by atoms with Gasteiger partial charge < -0.3 is 25.3 Å². The molecule has 3 N–H and O–H groups in total. The Bertz CT molecular complexity index is 1140. The number of anilines is 1. The van der Waals surface area contributed by atoms with Crippen LogP contribution in [0.15, 0.2) is 41.8 Å². The van der Waals surface area contributed by atoms with E-state index >= 15 is 0 Å². The van der Waals surface area contributed by atoms with Gasteiger partial charge in [0.05, 0.1) is 39.8 Å². The summed E-state index contributed by atoms with van der Waals surface area (Å²) in [7, 11) is 6.04. The van der Waals surface area contributed by atoms with Crippen molar-refractivity contribution < 1.29 is 28.6 Å². The quantitative estimate of drug-likeness (QED) is 0.421. The molecule has 11 heteroatoms. The number of urea groups is 1. The lowest BCUT2D eigenvalue weighted by Crippen LogP contribution is -2.40. The first-order chi connectivity index (χ1) is 16.4. The minimum absolute atomic E-state index is 0.0298. The Balaban J connectivity index is 1.96. The molecule has 1 heterocycles. The fourth-order valence-electron chi connectivity index (χ4n) is 3.34. The molecule has 0 aliphatic heterocycles. The number of nitrogens with two attached hydrogens (primary N) is 1. The molecule has 180 valence electrons. The van der Waals surface area contributed by atoms with Gasteiger partial charge in [-0.05, 0) is 41.4 Å². The van der Waals surface area contributed by atoms with Crippen LogP contribution in [0.5, 0.6) is 17.2 Å². The Hall–Kier alpha value is -3.83. The van der Waals surface area contributed by atoms with Gasteiger partial charge in [0.2, 0.25) is 11.7 Å². The molecule has 0 spiro atoms. The molecule has 1 aromatic heterocycles. The van der Waals surface area contributed by atoms with Gasteiger partial charge in [0, 0.05) is 29.5 Å². The first kappa shape index (κ1) is 24.8. The van der Waals surface area contributed by atoms with Gasteiger partial charge in [-0.2, -0.15) is 9.44 Å². The van der Waals surface area contributed by atoms with Crippen molar-refractivity contribution in [1.29, 1.82) is 0 Å². The molecule has 3 amide bonds. The summed E-state index contributed by atoms with van der Waals surface area (Å²) in [5, 5.41) is 5.62. The van der Waals surface area contributed by atoms with E-state index in [1.54, 1.807) is 27.4 Å². The highest BCUT2D eigenvalue weighted by Crippen LogP contribution is 2.43. The average molecular weight is 487 g/mol. The van der Waals surface area contributed by atoms with Crippen molar-refractivity contribution >= 4 is 29.2 Å². The monoisotopic (exact) mass is 486 g/mol. The third-order valence-corrected chi connectivity index (χ3v) is 5.54. The number of benzene rings is 2. The number of ether oxygens (including phenoxy) is 3. The number of amides is 3. The predicted molar refractivity (Wildman–Crippen MR) is 129 cm³/mol. The van der Waals surface area contributed by atoms with Gasteiger partial charge in [0.15, 0.2) is 11.5 Å². The molecular formula is C23H26N4O6S. The van der Waals surface area contributed by atoms with Crippen LogP contribution >= 0.6 is 11.5 Å². The first-order valence-corrected chi connectivity index (χ1v) is 11.0. The molecule has 0 atom stereocenters. The van der Waals surface area contributed by atoms with E-state index in [4.69, 9.17) is 24.8 Å². The summed E-state index contributed by atoms with van der Waals surface area (Å²) < 4.78 is 20.9. The second-order valence-electron chi connectivity index (χ2n) is 6.97. The van der Waals surface area contributed by atoms with Crippen LogP contribution in [0.3, 0.4) is 0 Å². The SMILES string of the molecule is COc1cc(-c2nscc2-c2cccc(N(OC)C(=O)NCCC(N)=O)c2)cc(OC)c1OC. The van der Waals surface area contributed by atoms with Crippen LogP contribution in [0.1, 0.15) is 6.42 Å². The lowest BCUT2D eigenvalue weighted by Gasteiger charge is -2.20. The van der Waals surface area contributed by atoms with Crippen LogP contribution in [-0.4, -0.2) is 51.3 Å². The van der Waals surface area contributed by atoms with Gasteiger partial charge in [0.1, 0.15) is 0 Å². The van der Waals surface area contributed by atoms with Crippen LogP contribution in [0.2, 0.25) is 0 Å². The molecule has 0 bridgehead atoms. The molecular weight excluding hydrogens is 460 g/mol. The Morgan fingerprint density at radius 1 is 1.03 bits per heavy atom. The van der Waals surface area contributed by atoms with Crippen molar-refractivity contribution in [2.75, 3.05) is 40.0 Å². The second-order valence-corrected chi connectivity index (χ2v) is 7.60. The molecule has 0 saturated heterocycles. The fourth-order valence-corrected chi connectivity index (χ4v) is 4.05. The van der Waals surface area contributed by atoms with Crippen LogP contribution in [-0.2, 0) is 9.63 Å². The van der Waals surface area contributed by atoms with Gasteiger partial charge >= 0.3 is 6.03 Å². The summed E-state index contributed by atoms with van der Waals surface area (Å²) in [5.41, 5.74) is 8.80. The maximum atomic E-state index is 12.5. The van der Waals surface area contributed by atoms with Crippen molar-refractivity contribution in [2.24, 2.45) is 5.73 Å². The number of methoxy groups -OCH3 is 3. The standard InChI is InChI=1S/C23H26N4O6S/c1-30-18-11-15(12-19(31-2)22(18)32-3)21-17(13-34-26-21)14-6-5-7-16(10-14)27(33-4)23(29)25-9-8-20(24)28/h5-7,10-13H,8-9H2,1-4H3,(H2,24,28)(H,25,29). The molecule has 10 nitrogen and oxygen atoms in total. The molecule has 0 aliphatic rings. The molecule has 34 heavy (non-hydrogen) atoms. The summed E-state index contributed by atoms with van der Waals surface area (Å²) >= 11 is 1.30. The molecule has 0 radical (unpaired) electrons. The number of nitrogens with zero attached hydrogens (tertiary/aromatic N) is 2. The van der Waals surface area contributed by atoms with Crippen molar-refractivity contribution in [3.05, 3.63) is 41.8 Å². The smallest absolute Gasteiger partial charge is 0.346 e. The Kier molecular flexibility index (Phi) is 8.28. The van der Waals surface area contributed by atoms with Gasteiger partial charge in [-0.25, -0.2) is 4.79 Å². The highest BCUT2D eigenvalue weighted by atomic mass is 32.1. The van der Waals surface area contributed by atoms with Crippen molar-refractivity contribution in [3.8, 4) is 39.6 Å². The number of aromatic nitrogens is 1. The summed E-state index contributed by atoms with van der Waals surface area (Å²) in [6.07, 6.45) is 0.0298. The molecule has 0 aliphatic carbocycles. The largest absolute Gasteiger partial charge is 0.493 e. The molecule has 2 aromatic carbocycles. The minimum Gasteiger partial charge on any atom is -0.493 e. The molecule has 0 unspecified atom stereocenters. The molecule has 3 aromatic rings. The third kappa shape index (κ3) is 5.38. The van der Waals surface area contributed by atoms with E-state index in [9.17, 15) is 9.59 Å². The number of hydrogen-bond acceptors (Lipinski definition) is 8. The van der Waals surface area contributed by atoms with Gasteiger partial charge in [-0.3, -0.25) is 9.63 Å². The lowest BCUT2D eigenvalue weighted by atomic mass is 10.0. The van der Waals surface area contributed by atoms with E-state index in [-0.39, 0.29) is 13.0 Å². The van der Waals surface area contributed by atoms with Crippen molar-refractivity contribution in [3.63, 3.8) is 0 Å². The number of carbonyl (C=O) groups is 2. The van der Waals surface area contributed by atoms with E-state index < -0.39 is 11.9 Å². The van der Waals surface area contributed by atoms with Gasteiger partial charge in [-0.15, -0.1) is 0 Å². The van der Waals surface area contributed by atoms with Crippen LogP contribution in [0.25, 0.3) is 22.4 Å². The first-order valence-electron chi connectivity index (χ1n) is 10.2. The van der Waals surface area contributed by atoms with Crippen LogP contribution < -0.4 is 30.3 Å². The van der Waals surface area contributed by atoms with E-state index in [2.05, 4.69) is 9.69 Å². The highest BCUT2D eigenvalue weighted by molar-refractivity contribution is 7.04. The molecule has 3 rings (SSSR count). The fraction of sp³-hybridized carbons (Fsp3) is 0.261. The number of primary amides is 1. The number of hydroxylamine groups is 1. The normalized spacial score (nSPS) is 10.5. The summed E-state index contributed by atoms with van der Waals surface area (Å²) in [6.45, 7) is 0.105. The zero-order chi connectivity index (χ0) is 24.7. The summed E-state index contributed by atoms with van der Waals surface area (Å²) in [4.78, 5) is 28.7. The van der Waals surface area contributed by atoms with Crippen LogP contribution in [0, 0.1) is 0 Å². The maximum Gasteiger partial charge on any atom is 0.346 e. The minimum atomic E-state index is -0.519. The number of carbonyl (C=O) groups excluding carboxylic acids is 2. The van der Waals surface area contributed by atoms with E-state index in [1.807, 2.05) is 35.7 Å². The second kappa shape index (κ2) is 11.3. The number of hydrogen-bond donors (Lipinski definition) is 2.